The smallest absolute Gasteiger partial charge is 0.315 e. The molecule has 6 aromatic rings. The summed E-state index contributed by atoms with van der Waals surface area (Å²) >= 11 is 0. The lowest BCUT2D eigenvalue weighted by Crippen LogP contribution is -2.47. The third kappa shape index (κ3) is 28.1. The van der Waals surface area contributed by atoms with Gasteiger partial charge in [-0.05, 0) is 238 Å². The maximum Gasteiger partial charge on any atom is 0.315 e. The van der Waals surface area contributed by atoms with Crippen molar-refractivity contribution < 1.29 is 42.6 Å². The lowest BCUT2D eigenvalue weighted by atomic mass is 9.74. The Morgan fingerprint density at radius 1 is 0.438 bits per heavy atom. The third-order valence-corrected chi connectivity index (χ3v) is 32.9. The second-order valence-corrected chi connectivity index (χ2v) is 43.5. The number of hydrogen-bond acceptors (Lipinski definition) is 20. The fraction of sp³-hybridized carbons (Fsp3) is 0.578. The summed E-state index contributed by atoms with van der Waals surface area (Å²) in [6.07, 6.45) is 49.5. The Kier molecular flexibility index (Phi) is 38.5. The fourth-order valence-corrected chi connectivity index (χ4v) is 24.2. The van der Waals surface area contributed by atoms with Crippen LogP contribution in [0.15, 0.2) is 189 Å². The highest BCUT2D eigenvalue weighted by atomic mass is 19.1. The number of aliphatic imine (C=N–C) groups is 5. The summed E-state index contributed by atoms with van der Waals surface area (Å²) in [5, 5.41) is 13.0. The van der Waals surface area contributed by atoms with Crippen molar-refractivity contribution in [2.45, 2.75) is 317 Å². The van der Waals surface area contributed by atoms with Crippen molar-refractivity contribution in [2.75, 3.05) is 68.7 Å². The molecule has 7 aliphatic carbocycles. The number of halogens is 1. The molecule has 7 saturated carbocycles. The predicted octanol–water partition coefficient (Wildman–Crippen LogP) is 18.6. The predicted molar refractivity (Wildman–Crippen MR) is 574 cm³/mol. The standard InChI is InChI=1S/C30H47N5O3.C23H40N4O.C22H18FN3O.C22H38N4O.C19H21N3O2/c1-38-19-18-32-29(37)33-21-25-12-14-26(15-13-25)22-35-27(36)30(34-28(35)31,20-24-10-6-3-7-11-24)17-16-23-8-4-2-5-9-23;1-27-21(28)23(26-22(27)24,13-12-17-6-3-2-4-7-17)15-19-8-5-9-20(14-19)25-16-18-10-11-18;1-26-20(27)22(25-21(26)24,17-9-3-2-4-10-17)18-11-5-7-15(13-18)16-8-6-12-19(23)14-16;1-3-14-24-19-11-7-10-18(15-19)16-22(20(27)26(2)21(23)25-22)13-12-17-8-5-4-6-9-17;1-19(12-17(23)22(2)18(20)21-19)15-8-4-6-13(10-15)14-7-5-9-16(11-14)24-3/h12-15,23-24H,2-11,16-22H2,1H3,(H2,31,34)(H2,32,33,37);17-20,25H,2-16H2,1H3,(H2,24,26);2-14H,1H3,(H2,24,25);3,17-19,24H,1,4-16H2,2H3,(H2,23,25);4-11H,12H2,1-3H3,(H2,20,21)/t30-;19-,20+,23+;;18-,19+,22+;19-/m10.00/s1. The van der Waals surface area contributed by atoms with Crippen LogP contribution in [0.5, 0.6) is 5.75 Å². The first-order chi connectivity index (χ1) is 69.5. The monoisotopic (exact) mass is 1970 g/mol. The number of hydrogen-bond donors (Lipinski definition) is 9. The maximum absolute atomic E-state index is 14.0. The molecule has 7 amide bonds. The molecule has 0 radical (unpaired) electrons. The largest absolute Gasteiger partial charge is 0.497 e. The number of nitrogens with two attached hydrogens (primary N) is 5. The van der Waals surface area contributed by atoms with E-state index in [9.17, 15) is 33.2 Å². The van der Waals surface area contributed by atoms with E-state index in [1.165, 1.54) is 215 Å². The third-order valence-electron chi connectivity index (χ3n) is 32.9. The Morgan fingerprint density at radius 3 is 1.38 bits per heavy atom. The summed E-state index contributed by atoms with van der Waals surface area (Å²) in [7, 11) is 10.1. The molecule has 0 aromatic heterocycles. The molecular weight excluding hydrogens is 1810 g/mol. The van der Waals surface area contributed by atoms with Crippen molar-refractivity contribution in [3.63, 3.8) is 0 Å². The van der Waals surface area contributed by atoms with Crippen LogP contribution in [0, 0.1) is 47.2 Å². The quantitative estimate of drug-likeness (QED) is 0.0134. The van der Waals surface area contributed by atoms with Crippen molar-refractivity contribution in [3.8, 4) is 28.0 Å². The first-order valence-corrected chi connectivity index (χ1v) is 54.1. The second-order valence-electron chi connectivity index (χ2n) is 43.5. The topological polar surface area (TPSA) is 377 Å². The van der Waals surface area contributed by atoms with Crippen molar-refractivity contribution >= 4 is 65.4 Å². The number of amides is 7. The SMILES string of the molecule is C=CCN[C@@H]1CCC[C@H](C[C@@]2(CCC3CCCCC3)N=C(N)N(C)C2=O)C1.CN1C(=O)C(c2ccccc2)(c2cccc(-c3cccc(F)c3)c2)N=C1N.CN1C(=O)[C@@](CCC2CCCCC2)(C[C@H]2CCC[C@@H](NCC3CC3)C2)N=C1N.COCCNC(=O)NCc1ccc(CN2C(=O)[C@@](CCC3CCCCC3)(CC3CCCCC3)N=C2N)cc1.COc1cccc(-c2cccc([C@]3(C)CC(=O)N(C)C(N)=N3)c2)c1. The minimum absolute atomic E-state index is 0.0308. The molecule has 5 heterocycles. The average Bonchev–Trinajstić information content (AvgIpc) is 1.57. The van der Waals surface area contributed by atoms with E-state index in [4.69, 9.17) is 53.1 Å². The van der Waals surface area contributed by atoms with Gasteiger partial charge in [0.05, 0.1) is 32.2 Å². The summed E-state index contributed by atoms with van der Waals surface area (Å²) in [4.78, 5) is 109. The van der Waals surface area contributed by atoms with E-state index in [-0.39, 0.29) is 53.3 Å². The molecular formula is C116H164FN19O8. The molecule has 28 heteroatoms. The molecule has 144 heavy (non-hydrogen) atoms. The molecule has 9 atom stereocenters. The summed E-state index contributed by atoms with van der Waals surface area (Å²) in [6, 6.07) is 48.0. The van der Waals surface area contributed by atoms with Crippen LogP contribution in [0.2, 0.25) is 0 Å². The van der Waals surface area contributed by atoms with Crippen LogP contribution < -0.4 is 54.7 Å². The Hall–Kier alpha value is -11.4. The van der Waals surface area contributed by atoms with Crippen molar-refractivity contribution in [3.05, 3.63) is 198 Å². The van der Waals surface area contributed by atoms with Gasteiger partial charge in [-0.25, -0.2) is 34.1 Å². The minimum Gasteiger partial charge on any atom is -0.497 e. The zero-order valence-electron chi connectivity index (χ0n) is 86.9. The van der Waals surface area contributed by atoms with Crippen LogP contribution in [0.3, 0.4) is 0 Å². The number of benzene rings is 6. The number of ether oxygens (including phenoxy) is 2. The lowest BCUT2D eigenvalue weighted by Gasteiger charge is -2.35. The van der Waals surface area contributed by atoms with Gasteiger partial charge in [0.25, 0.3) is 23.6 Å². The maximum atomic E-state index is 14.0. The normalized spacial score (nSPS) is 26.0. The van der Waals surface area contributed by atoms with Gasteiger partial charge in [0.15, 0.2) is 35.3 Å². The summed E-state index contributed by atoms with van der Waals surface area (Å²) in [5.41, 5.74) is 34.8. The Labute approximate surface area is 855 Å². The first-order valence-electron chi connectivity index (χ1n) is 54.1. The first kappa shape index (κ1) is 108. The molecule has 12 aliphatic rings. The van der Waals surface area contributed by atoms with Gasteiger partial charge in [-0.1, -0.05) is 275 Å². The molecule has 6 aromatic carbocycles. The number of carbonyl (C=O) groups is 6. The number of rotatable bonds is 34. The summed E-state index contributed by atoms with van der Waals surface area (Å²) in [6.45, 7) is 9.60. The van der Waals surface area contributed by atoms with E-state index in [0.29, 0.717) is 91.9 Å². The van der Waals surface area contributed by atoms with Gasteiger partial charge >= 0.3 is 6.03 Å². The van der Waals surface area contributed by atoms with Gasteiger partial charge in [0.1, 0.15) is 28.2 Å². The Balaban J connectivity index is 0.000000144. The molecule has 778 valence electrons. The summed E-state index contributed by atoms with van der Waals surface area (Å²) in [5.74, 6) is 7.10. The van der Waals surface area contributed by atoms with E-state index >= 15 is 0 Å². The van der Waals surface area contributed by atoms with Gasteiger partial charge in [-0.2, -0.15) is 0 Å². The zero-order chi connectivity index (χ0) is 102. The molecule has 27 nitrogen and oxygen atoms in total. The van der Waals surface area contributed by atoms with Crippen LogP contribution in [-0.2, 0) is 52.9 Å². The van der Waals surface area contributed by atoms with Gasteiger partial charge in [-0.3, -0.25) is 48.5 Å². The van der Waals surface area contributed by atoms with E-state index in [1.807, 2.05) is 140 Å². The molecule has 18 rings (SSSR count). The highest BCUT2D eigenvalue weighted by molar-refractivity contribution is 6.10. The van der Waals surface area contributed by atoms with E-state index < -0.39 is 27.7 Å². The number of methoxy groups -OCH3 is 2. The van der Waals surface area contributed by atoms with Crippen LogP contribution in [0.4, 0.5) is 9.18 Å². The molecule has 1 unspecified atom stereocenters. The van der Waals surface area contributed by atoms with Gasteiger partial charge < -0.3 is 59.4 Å². The number of carbonyl (C=O) groups excluding carboxylic acids is 6. The van der Waals surface area contributed by atoms with Crippen molar-refractivity contribution in [1.29, 1.82) is 0 Å². The molecule has 14 N–H and O–H groups in total. The lowest BCUT2D eigenvalue weighted by molar-refractivity contribution is -0.133. The van der Waals surface area contributed by atoms with Crippen LogP contribution in [0.25, 0.3) is 22.3 Å². The Bertz CT molecular complexity index is 5450. The highest BCUT2D eigenvalue weighted by Gasteiger charge is 2.54. The Morgan fingerprint density at radius 2 is 0.882 bits per heavy atom. The highest BCUT2D eigenvalue weighted by Crippen LogP contribution is 2.48. The number of urea groups is 1. The number of nitrogens with one attached hydrogen (secondary N) is 4. The van der Waals surface area contributed by atoms with Gasteiger partial charge in [0, 0.05) is 67.0 Å². The summed E-state index contributed by atoms with van der Waals surface area (Å²) < 4.78 is 23.9. The van der Waals surface area contributed by atoms with Crippen LogP contribution in [-0.4, -0.2) is 187 Å². The minimum atomic E-state index is -1.25. The van der Waals surface area contributed by atoms with Crippen LogP contribution in [0.1, 0.15) is 292 Å². The number of nitrogens with zero attached hydrogens (tertiary/aromatic N) is 10. The number of likely N-dealkylation sites (N-methyl/N-ethyl adjacent to an activating group) is 3. The zero-order valence-corrected chi connectivity index (χ0v) is 86.9. The van der Waals surface area contributed by atoms with Crippen LogP contribution >= 0.6 is 0 Å². The molecule has 0 saturated heterocycles. The second kappa shape index (κ2) is 51.1. The van der Waals surface area contributed by atoms with Gasteiger partial charge in [-0.15, -0.1) is 6.58 Å². The molecule has 0 bridgehead atoms. The average molecular weight is 1970 g/mol. The van der Waals surface area contributed by atoms with Gasteiger partial charge in [0.2, 0.25) is 5.91 Å². The van der Waals surface area contributed by atoms with Crippen molar-refractivity contribution in [2.24, 2.45) is 95.1 Å². The van der Waals surface area contributed by atoms with E-state index in [2.05, 4.69) is 43.9 Å². The van der Waals surface area contributed by atoms with Crippen molar-refractivity contribution in [1.82, 2.24) is 45.8 Å². The van der Waals surface area contributed by atoms with E-state index in [1.54, 1.807) is 63.2 Å². The number of guanidine groups is 5. The molecule has 0 spiro atoms. The van der Waals surface area contributed by atoms with E-state index in [0.717, 1.165) is 139 Å². The molecule has 5 aliphatic heterocycles. The fourth-order valence-electron chi connectivity index (χ4n) is 24.2. The molecule has 7 fully saturated rings.